The first kappa shape index (κ1) is 31.5. The second-order valence-corrected chi connectivity index (χ2v) is 11.2. The number of carbonyl (C=O) groups is 2. The number of rotatable bonds is 11. The fourth-order valence-corrected chi connectivity index (χ4v) is 5.44. The molecule has 3 aromatic carbocycles. The number of nitrogens with zero attached hydrogens (tertiary/aromatic N) is 2. The Bertz CT molecular complexity index is 1460. The maximum absolute atomic E-state index is 13.8. The number of methoxy groups -OCH3 is 1. The molecule has 0 aromatic heterocycles. The molecule has 0 aliphatic heterocycles. The van der Waals surface area contributed by atoms with Gasteiger partial charge in [0.1, 0.15) is 18.3 Å². The molecule has 220 valence electrons. The van der Waals surface area contributed by atoms with Crippen molar-refractivity contribution in [2.75, 3.05) is 24.5 Å². The van der Waals surface area contributed by atoms with Crippen LogP contribution >= 0.6 is 0 Å². The SMILES string of the molecule is CCNC(=O)C(C)N(Cc1ccc(OC)cc1)C(=O)CN(c1cccc(C(F)(F)F)c1)S(=O)(=O)c1ccc(C)cc1. The highest BCUT2D eigenvalue weighted by molar-refractivity contribution is 7.92. The average Bonchev–Trinajstić information content (AvgIpc) is 2.94. The van der Waals surface area contributed by atoms with E-state index in [2.05, 4.69) is 5.32 Å². The maximum atomic E-state index is 13.8. The monoisotopic (exact) mass is 591 g/mol. The van der Waals surface area contributed by atoms with Crippen LogP contribution in [0.4, 0.5) is 18.9 Å². The number of halogens is 3. The summed E-state index contributed by atoms with van der Waals surface area (Å²) in [7, 11) is -3.00. The number of aryl methyl sites for hydroxylation is 1. The Morgan fingerprint density at radius 3 is 2.20 bits per heavy atom. The van der Waals surface area contributed by atoms with Crippen LogP contribution in [0.5, 0.6) is 5.75 Å². The standard InChI is InChI=1S/C29H32F3N3O5S/c1-5-33-28(37)21(3)34(18-22-11-13-25(40-4)14-12-22)27(36)19-35(24-8-6-7-23(17-24)29(30,31)32)41(38,39)26-15-9-20(2)10-16-26/h6-17,21H,5,18-19H2,1-4H3,(H,33,37). The predicted octanol–water partition coefficient (Wildman–Crippen LogP) is 4.77. The zero-order valence-electron chi connectivity index (χ0n) is 23.1. The van der Waals surface area contributed by atoms with E-state index in [0.29, 0.717) is 28.2 Å². The summed E-state index contributed by atoms with van der Waals surface area (Å²) in [5, 5.41) is 2.65. The van der Waals surface area contributed by atoms with Crippen LogP contribution in [-0.4, -0.2) is 51.4 Å². The summed E-state index contributed by atoms with van der Waals surface area (Å²) in [6.45, 7) is 4.34. The van der Waals surface area contributed by atoms with Crippen LogP contribution in [0.15, 0.2) is 77.7 Å². The van der Waals surface area contributed by atoms with E-state index < -0.39 is 46.2 Å². The van der Waals surface area contributed by atoms with Crippen LogP contribution in [0.1, 0.15) is 30.5 Å². The van der Waals surface area contributed by atoms with Gasteiger partial charge in [-0.1, -0.05) is 35.9 Å². The van der Waals surface area contributed by atoms with E-state index >= 15 is 0 Å². The van der Waals surface area contributed by atoms with Gasteiger partial charge in [0.15, 0.2) is 0 Å². The second-order valence-electron chi connectivity index (χ2n) is 9.31. The summed E-state index contributed by atoms with van der Waals surface area (Å²) in [6.07, 6.45) is -4.74. The zero-order chi connectivity index (χ0) is 30.4. The van der Waals surface area contributed by atoms with Gasteiger partial charge in [-0.15, -0.1) is 0 Å². The Balaban J connectivity index is 2.08. The minimum atomic E-state index is -4.74. The van der Waals surface area contributed by atoms with Gasteiger partial charge in [0.25, 0.3) is 10.0 Å². The van der Waals surface area contributed by atoms with Crippen LogP contribution < -0.4 is 14.4 Å². The number of benzene rings is 3. The van der Waals surface area contributed by atoms with E-state index in [4.69, 9.17) is 4.74 Å². The number of amides is 2. The quantitative estimate of drug-likeness (QED) is 0.347. The molecule has 0 aliphatic carbocycles. The number of likely N-dealkylation sites (N-methyl/N-ethyl adjacent to an activating group) is 1. The lowest BCUT2D eigenvalue weighted by Gasteiger charge is -2.32. The first-order chi connectivity index (χ1) is 19.3. The third kappa shape index (κ3) is 7.78. The lowest BCUT2D eigenvalue weighted by atomic mass is 10.1. The highest BCUT2D eigenvalue weighted by Gasteiger charge is 2.35. The van der Waals surface area contributed by atoms with Gasteiger partial charge in [-0.05, 0) is 68.8 Å². The molecule has 0 saturated carbocycles. The molecule has 0 saturated heterocycles. The molecule has 1 unspecified atom stereocenters. The number of alkyl halides is 3. The van der Waals surface area contributed by atoms with E-state index in [0.717, 1.165) is 17.7 Å². The van der Waals surface area contributed by atoms with Crippen LogP contribution in [-0.2, 0) is 32.3 Å². The number of sulfonamides is 1. The fourth-order valence-electron chi connectivity index (χ4n) is 4.04. The number of anilines is 1. The van der Waals surface area contributed by atoms with Crippen LogP contribution in [0.3, 0.4) is 0 Å². The first-order valence-corrected chi connectivity index (χ1v) is 14.2. The predicted molar refractivity (Wildman–Crippen MR) is 149 cm³/mol. The normalized spacial score (nSPS) is 12.4. The van der Waals surface area contributed by atoms with Gasteiger partial charge in [0, 0.05) is 13.1 Å². The Labute approximate surface area is 237 Å². The van der Waals surface area contributed by atoms with Gasteiger partial charge in [-0.2, -0.15) is 13.2 Å². The molecule has 3 aromatic rings. The van der Waals surface area contributed by atoms with Crippen molar-refractivity contribution in [3.63, 3.8) is 0 Å². The van der Waals surface area contributed by atoms with Crippen molar-refractivity contribution in [1.29, 1.82) is 0 Å². The third-order valence-electron chi connectivity index (χ3n) is 6.38. The third-order valence-corrected chi connectivity index (χ3v) is 8.17. The molecule has 0 heterocycles. The van der Waals surface area contributed by atoms with Crippen LogP contribution in [0.25, 0.3) is 0 Å². The summed E-state index contributed by atoms with van der Waals surface area (Å²) < 4.78 is 74.0. The summed E-state index contributed by atoms with van der Waals surface area (Å²) in [5.41, 5.74) is -0.0180. The maximum Gasteiger partial charge on any atom is 0.416 e. The summed E-state index contributed by atoms with van der Waals surface area (Å²) in [6, 6.07) is 15.2. The number of carbonyl (C=O) groups excluding carboxylic acids is 2. The smallest absolute Gasteiger partial charge is 0.416 e. The molecule has 12 heteroatoms. The van der Waals surface area contributed by atoms with Crippen molar-refractivity contribution in [2.45, 2.75) is 44.4 Å². The van der Waals surface area contributed by atoms with E-state index in [1.807, 2.05) is 0 Å². The van der Waals surface area contributed by atoms with Crippen molar-refractivity contribution < 1.29 is 35.9 Å². The molecule has 0 bridgehead atoms. The molecule has 1 N–H and O–H groups in total. The van der Waals surface area contributed by atoms with Gasteiger partial charge in [0.05, 0.1) is 23.3 Å². The molecular formula is C29H32F3N3O5S. The number of hydrogen-bond acceptors (Lipinski definition) is 5. The van der Waals surface area contributed by atoms with E-state index in [1.165, 1.54) is 37.1 Å². The van der Waals surface area contributed by atoms with Crippen molar-refractivity contribution in [2.24, 2.45) is 0 Å². The lowest BCUT2D eigenvalue weighted by Crippen LogP contribution is -2.51. The molecule has 2 amide bonds. The van der Waals surface area contributed by atoms with E-state index in [1.54, 1.807) is 50.2 Å². The number of hydrogen-bond donors (Lipinski definition) is 1. The molecule has 1 atom stereocenters. The van der Waals surface area contributed by atoms with Gasteiger partial charge >= 0.3 is 6.18 Å². The Kier molecular flexibility index (Phi) is 10.0. The minimum absolute atomic E-state index is 0.0673. The number of nitrogens with one attached hydrogen (secondary N) is 1. The Morgan fingerprint density at radius 2 is 1.63 bits per heavy atom. The van der Waals surface area contributed by atoms with Gasteiger partial charge in [-0.3, -0.25) is 13.9 Å². The summed E-state index contributed by atoms with van der Waals surface area (Å²) >= 11 is 0. The molecule has 3 rings (SSSR count). The van der Waals surface area contributed by atoms with Gasteiger partial charge < -0.3 is 15.0 Å². The molecule has 0 radical (unpaired) electrons. The second kappa shape index (κ2) is 13.1. The van der Waals surface area contributed by atoms with Crippen molar-refractivity contribution in [1.82, 2.24) is 10.2 Å². The Morgan fingerprint density at radius 1 is 1.00 bits per heavy atom. The van der Waals surface area contributed by atoms with Crippen LogP contribution in [0.2, 0.25) is 0 Å². The number of ether oxygens (including phenoxy) is 1. The topological polar surface area (TPSA) is 96.0 Å². The fraction of sp³-hybridized carbons (Fsp3) is 0.310. The summed E-state index contributed by atoms with van der Waals surface area (Å²) in [5.74, 6) is -0.683. The minimum Gasteiger partial charge on any atom is -0.497 e. The van der Waals surface area contributed by atoms with Gasteiger partial charge in [-0.25, -0.2) is 8.42 Å². The van der Waals surface area contributed by atoms with Crippen molar-refractivity contribution in [3.05, 3.63) is 89.5 Å². The van der Waals surface area contributed by atoms with Gasteiger partial charge in [0.2, 0.25) is 11.8 Å². The summed E-state index contributed by atoms with van der Waals surface area (Å²) in [4.78, 5) is 27.6. The molecular weight excluding hydrogens is 559 g/mol. The zero-order valence-corrected chi connectivity index (χ0v) is 23.9. The Hall–Kier alpha value is -4.06. The molecule has 41 heavy (non-hydrogen) atoms. The highest BCUT2D eigenvalue weighted by atomic mass is 32.2. The van der Waals surface area contributed by atoms with Crippen LogP contribution in [0, 0.1) is 6.92 Å². The highest BCUT2D eigenvalue weighted by Crippen LogP contribution is 2.33. The molecule has 0 spiro atoms. The largest absolute Gasteiger partial charge is 0.497 e. The average molecular weight is 592 g/mol. The first-order valence-electron chi connectivity index (χ1n) is 12.7. The van der Waals surface area contributed by atoms with Crippen molar-refractivity contribution >= 4 is 27.5 Å². The van der Waals surface area contributed by atoms with Crippen molar-refractivity contribution in [3.8, 4) is 5.75 Å². The van der Waals surface area contributed by atoms with E-state index in [9.17, 15) is 31.2 Å². The molecule has 0 fully saturated rings. The molecule has 8 nitrogen and oxygen atoms in total. The molecule has 0 aliphatic rings. The van der Waals surface area contributed by atoms with E-state index in [-0.39, 0.29) is 17.1 Å². The lowest BCUT2D eigenvalue weighted by molar-refractivity contribution is -0.139.